The van der Waals surface area contributed by atoms with Crippen LogP contribution < -0.4 is 5.32 Å². The van der Waals surface area contributed by atoms with Gasteiger partial charge in [0.15, 0.2) is 0 Å². The highest BCUT2D eigenvalue weighted by atomic mass is 16.5. The number of hydrogen-bond donors (Lipinski definition) is 3. The molecule has 0 heterocycles. The van der Waals surface area contributed by atoms with Crippen LogP contribution in [0, 0.1) is 0 Å². The number of amides is 1. The van der Waals surface area contributed by atoms with Crippen LogP contribution in [0.2, 0.25) is 0 Å². The second-order valence-corrected chi connectivity index (χ2v) is 24.9. The van der Waals surface area contributed by atoms with Gasteiger partial charge in [-0.3, -0.25) is 9.59 Å². The van der Waals surface area contributed by atoms with Crippen LogP contribution in [-0.4, -0.2) is 47.4 Å². The second-order valence-electron chi connectivity index (χ2n) is 24.9. The molecule has 6 nitrogen and oxygen atoms in total. The second kappa shape index (κ2) is 68.1. The van der Waals surface area contributed by atoms with E-state index < -0.39 is 12.1 Å². The summed E-state index contributed by atoms with van der Waals surface area (Å²) in [5, 5.41) is 23.5. The highest BCUT2D eigenvalue weighted by Gasteiger charge is 2.20. The Kier molecular flexibility index (Phi) is 66.9. The summed E-state index contributed by atoms with van der Waals surface area (Å²) in [5.74, 6) is -0.0218. The lowest BCUT2D eigenvalue weighted by molar-refractivity contribution is -0.143. The standard InChI is InChI=1S/C72H141NO5/c1-3-5-7-9-11-13-15-17-18-19-20-21-22-23-26-29-32-35-38-41-44-48-52-56-60-64-70(75)69(68-74)73-71(76)65-61-57-53-49-45-42-39-36-33-30-27-24-25-28-31-34-37-40-43-47-51-55-59-63-67-78-72(77)66-62-58-54-50-46-16-14-12-10-8-6-4-2/h12,14,69-70,74-75H,3-11,13,15-68H2,1-2H3,(H,73,76)/b14-12-. The van der Waals surface area contributed by atoms with E-state index in [1.165, 1.54) is 334 Å². The van der Waals surface area contributed by atoms with Gasteiger partial charge in [-0.05, 0) is 51.4 Å². The minimum Gasteiger partial charge on any atom is -0.466 e. The zero-order chi connectivity index (χ0) is 56.4. The van der Waals surface area contributed by atoms with Crippen molar-refractivity contribution in [3.8, 4) is 0 Å². The molecule has 2 atom stereocenters. The van der Waals surface area contributed by atoms with Crippen molar-refractivity contribution in [2.24, 2.45) is 0 Å². The fourth-order valence-electron chi connectivity index (χ4n) is 11.6. The molecule has 0 bridgehead atoms. The monoisotopic (exact) mass is 1100 g/mol. The molecule has 0 aromatic carbocycles. The summed E-state index contributed by atoms with van der Waals surface area (Å²) in [6, 6.07) is -0.541. The van der Waals surface area contributed by atoms with Crippen LogP contribution in [-0.2, 0) is 14.3 Å². The first kappa shape index (κ1) is 76.6. The third-order valence-electron chi connectivity index (χ3n) is 17.1. The zero-order valence-corrected chi connectivity index (χ0v) is 53.2. The molecule has 0 rings (SSSR count). The molecular weight excluding hydrogens is 959 g/mol. The molecule has 3 N–H and O–H groups in total. The molecule has 1 amide bonds. The normalized spacial score (nSPS) is 12.5. The van der Waals surface area contributed by atoms with Crippen molar-refractivity contribution in [1.82, 2.24) is 5.32 Å². The van der Waals surface area contributed by atoms with Gasteiger partial charge in [0.1, 0.15) is 0 Å². The van der Waals surface area contributed by atoms with Crippen molar-refractivity contribution in [3.63, 3.8) is 0 Å². The van der Waals surface area contributed by atoms with Crippen molar-refractivity contribution in [3.05, 3.63) is 12.2 Å². The van der Waals surface area contributed by atoms with Crippen LogP contribution in [0.15, 0.2) is 12.2 Å². The molecule has 0 saturated carbocycles. The third-order valence-corrected chi connectivity index (χ3v) is 17.1. The topological polar surface area (TPSA) is 95.9 Å². The number of rotatable bonds is 68. The lowest BCUT2D eigenvalue weighted by Crippen LogP contribution is -2.45. The van der Waals surface area contributed by atoms with Gasteiger partial charge < -0.3 is 20.3 Å². The smallest absolute Gasteiger partial charge is 0.305 e. The van der Waals surface area contributed by atoms with Gasteiger partial charge in [0.25, 0.3) is 0 Å². The Labute approximate surface area is 489 Å². The van der Waals surface area contributed by atoms with Crippen LogP contribution in [0.4, 0.5) is 0 Å². The summed E-state index contributed by atoms with van der Waals surface area (Å²) in [6.45, 7) is 4.97. The van der Waals surface area contributed by atoms with Gasteiger partial charge in [0.2, 0.25) is 5.91 Å². The maximum Gasteiger partial charge on any atom is 0.305 e. The Morgan fingerprint density at radius 3 is 0.936 bits per heavy atom. The molecular formula is C72H141NO5. The Morgan fingerprint density at radius 1 is 0.346 bits per heavy atom. The molecule has 0 aliphatic heterocycles. The van der Waals surface area contributed by atoms with Crippen LogP contribution in [0.1, 0.15) is 412 Å². The van der Waals surface area contributed by atoms with E-state index in [4.69, 9.17) is 4.74 Å². The van der Waals surface area contributed by atoms with Crippen LogP contribution in [0.5, 0.6) is 0 Å². The molecule has 2 unspecified atom stereocenters. The summed E-state index contributed by atoms with van der Waals surface area (Å²) in [5.41, 5.74) is 0. The van der Waals surface area contributed by atoms with E-state index >= 15 is 0 Å². The molecule has 0 aliphatic rings. The van der Waals surface area contributed by atoms with E-state index in [0.29, 0.717) is 25.9 Å². The highest BCUT2D eigenvalue weighted by molar-refractivity contribution is 5.76. The Balaban J connectivity index is 3.37. The molecule has 0 radical (unpaired) electrons. The van der Waals surface area contributed by atoms with E-state index in [0.717, 1.165) is 44.9 Å². The van der Waals surface area contributed by atoms with Gasteiger partial charge in [-0.25, -0.2) is 0 Å². The van der Waals surface area contributed by atoms with Gasteiger partial charge in [-0.2, -0.15) is 0 Å². The predicted molar refractivity (Wildman–Crippen MR) is 343 cm³/mol. The number of aliphatic hydroxyl groups excluding tert-OH is 2. The summed E-state index contributed by atoms with van der Waals surface area (Å²) in [7, 11) is 0. The SMILES string of the molecule is CCCCC/C=C\CCCCCCCC(=O)OCCCCCCCCCCCCCCCCCCCCCCCCCCC(=O)NC(CO)C(O)CCCCCCCCCCCCCCCCCCCCCCCCCCC. The van der Waals surface area contributed by atoms with Crippen molar-refractivity contribution in [2.75, 3.05) is 13.2 Å². The first-order valence-corrected chi connectivity index (χ1v) is 35.9. The molecule has 0 fully saturated rings. The molecule has 0 aromatic heterocycles. The molecule has 0 aromatic rings. The maximum atomic E-state index is 12.6. The average Bonchev–Trinajstić information content (AvgIpc) is 3.44. The zero-order valence-electron chi connectivity index (χ0n) is 53.2. The van der Waals surface area contributed by atoms with Crippen LogP contribution in [0.3, 0.4) is 0 Å². The minimum atomic E-state index is -0.665. The van der Waals surface area contributed by atoms with Crippen LogP contribution in [0.25, 0.3) is 0 Å². The van der Waals surface area contributed by atoms with E-state index in [9.17, 15) is 19.8 Å². The first-order valence-electron chi connectivity index (χ1n) is 35.9. The number of ether oxygens (including phenoxy) is 1. The summed E-state index contributed by atoms with van der Waals surface area (Å²) in [6.07, 6.45) is 84.1. The molecule has 0 aliphatic carbocycles. The molecule has 6 heteroatoms. The lowest BCUT2D eigenvalue weighted by Gasteiger charge is -2.22. The summed E-state index contributed by atoms with van der Waals surface area (Å²) >= 11 is 0. The third kappa shape index (κ3) is 63.8. The predicted octanol–water partition coefficient (Wildman–Crippen LogP) is 23.1. The number of carbonyl (C=O) groups excluding carboxylic acids is 2. The number of unbranched alkanes of at least 4 members (excludes halogenated alkanes) is 55. The fourth-order valence-corrected chi connectivity index (χ4v) is 11.6. The van der Waals surface area contributed by atoms with E-state index in [1.807, 2.05) is 0 Å². The molecule has 464 valence electrons. The van der Waals surface area contributed by atoms with Gasteiger partial charge in [0.05, 0.1) is 25.4 Å². The molecule has 0 spiro atoms. The lowest BCUT2D eigenvalue weighted by atomic mass is 10.0. The van der Waals surface area contributed by atoms with Crippen molar-refractivity contribution in [2.45, 2.75) is 424 Å². The first-order chi connectivity index (χ1) is 38.5. The van der Waals surface area contributed by atoms with Crippen molar-refractivity contribution in [1.29, 1.82) is 0 Å². The Morgan fingerprint density at radius 2 is 0.603 bits per heavy atom. The van der Waals surface area contributed by atoms with Gasteiger partial charge in [-0.1, -0.05) is 360 Å². The van der Waals surface area contributed by atoms with Gasteiger partial charge in [-0.15, -0.1) is 0 Å². The highest BCUT2D eigenvalue weighted by Crippen LogP contribution is 2.20. The van der Waals surface area contributed by atoms with Crippen LogP contribution >= 0.6 is 0 Å². The molecule has 78 heavy (non-hydrogen) atoms. The number of carbonyl (C=O) groups is 2. The number of allylic oxidation sites excluding steroid dienone is 2. The van der Waals surface area contributed by atoms with E-state index in [-0.39, 0.29) is 18.5 Å². The minimum absolute atomic E-state index is 0.00653. The van der Waals surface area contributed by atoms with E-state index in [1.54, 1.807) is 0 Å². The number of nitrogens with one attached hydrogen (secondary N) is 1. The van der Waals surface area contributed by atoms with Crippen molar-refractivity contribution < 1.29 is 24.5 Å². The Hall–Kier alpha value is -1.40. The number of esters is 1. The summed E-state index contributed by atoms with van der Waals surface area (Å²) < 4.78 is 5.47. The van der Waals surface area contributed by atoms with Crippen molar-refractivity contribution >= 4 is 11.9 Å². The average molecular weight is 1100 g/mol. The fraction of sp³-hybridized carbons (Fsp3) is 0.944. The summed E-state index contributed by atoms with van der Waals surface area (Å²) in [4.78, 5) is 24.6. The number of aliphatic hydroxyl groups is 2. The van der Waals surface area contributed by atoms with E-state index in [2.05, 4.69) is 31.3 Å². The maximum absolute atomic E-state index is 12.6. The van der Waals surface area contributed by atoms with Gasteiger partial charge >= 0.3 is 5.97 Å². The largest absolute Gasteiger partial charge is 0.466 e. The van der Waals surface area contributed by atoms with Gasteiger partial charge in [0, 0.05) is 12.8 Å². The number of hydrogen-bond acceptors (Lipinski definition) is 5. The Bertz CT molecular complexity index is 1180. The molecule has 0 saturated heterocycles. The quantitative estimate of drug-likeness (QED) is 0.0320.